The van der Waals surface area contributed by atoms with Gasteiger partial charge in [-0.05, 0) is 61.0 Å². The Morgan fingerprint density at radius 2 is 1.59 bits per heavy atom. The number of aryl methyl sites for hydroxylation is 1. The molecule has 27 heavy (non-hydrogen) atoms. The summed E-state index contributed by atoms with van der Waals surface area (Å²) in [5.74, 6) is -1.01. The van der Waals surface area contributed by atoms with E-state index in [1.54, 1.807) is 24.3 Å². The molecule has 0 atom stereocenters. The van der Waals surface area contributed by atoms with Crippen LogP contribution in [-0.2, 0) is 10.0 Å². The number of hydrogen-bond donors (Lipinski definition) is 2. The maximum Gasteiger partial charge on any atom is 0.261 e. The minimum absolute atomic E-state index is 0.0455. The molecule has 0 aliphatic carbocycles. The second kappa shape index (κ2) is 7.59. The van der Waals surface area contributed by atoms with E-state index in [-0.39, 0.29) is 16.1 Å². The standard InChI is InChI=1S/C20H17FN2O3S/c1-14-5-2-9-18(11-14)23-27(25,26)19-10-3-6-15(12-19)20(24)22-17-8-4-7-16(21)13-17/h2-13,23H,1H3,(H,22,24). The third-order valence-corrected chi connectivity index (χ3v) is 5.14. The SMILES string of the molecule is Cc1cccc(NS(=O)(=O)c2cccc(C(=O)Nc3cccc(F)c3)c2)c1. The van der Waals surface area contributed by atoms with Crippen LogP contribution in [0.5, 0.6) is 0 Å². The van der Waals surface area contributed by atoms with Crippen molar-refractivity contribution in [2.24, 2.45) is 0 Å². The van der Waals surface area contributed by atoms with E-state index in [2.05, 4.69) is 10.0 Å². The van der Waals surface area contributed by atoms with Gasteiger partial charge < -0.3 is 5.32 Å². The molecule has 0 unspecified atom stereocenters. The van der Waals surface area contributed by atoms with Crippen molar-refractivity contribution in [2.45, 2.75) is 11.8 Å². The number of carbonyl (C=O) groups is 1. The number of hydrogen-bond acceptors (Lipinski definition) is 3. The van der Waals surface area contributed by atoms with Crippen LogP contribution in [0.2, 0.25) is 0 Å². The average molecular weight is 384 g/mol. The fourth-order valence-corrected chi connectivity index (χ4v) is 3.59. The molecule has 0 saturated heterocycles. The highest BCUT2D eigenvalue weighted by Gasteiger charge is 2.17. The van der Waals surface area contributed by atoms with Gasteiger partial charge in [0.25, 0.3) is 15.9 Å². The Morgan fingerprint density at radius 3 is 2.33 bits per heavy atom. The highest BCUT2D eigenvalue weighted by molar-refractivity contribution is 7.92. The van der Waals surface area contributed by atoms with E-state index in [4.69, 9.17) is 0 Å². The minimum atomic E-state index is -3.86. The van der Waals surface area contributed by atoms with Gasteiger partial charge >= 0.3 is 0 Å². The third kappa shape index (κ3) is 4.71. The van der Waals surface area contributed by atoms with Gasteiger partial charge in [-0.25, -0.2) is 12.8 Å². The summed E-state index contributed by atoms with van der Waals surface area (Å²) in [6, 6.07) is 18.0. The van der Waals surface area contributed by atoms with Crippen LogP contribution in [0.15, 0.2) is 77.7 Å². The van der Waals surface area contributed by atoms with E-state index >= 15 is 0 Å². The van der Waals surface area contributed by atoms with E-state index in [1.807, 2.05) is 13.0 Å². The van der Waals surface area contributed by atoms with Crippen molar-refractivity contribution in [3.8, 4) is 0 Å². The lowest BCUT2D eigenvalue weighted by atomic mass is 10.2. The minimum Gasteiger partial charge on any atom is -0.322 e. The molecule has 7 heteroatoms. The molecule has 0 aromatic heterocycles. The number of carbonyl (C=O) groups excluding carboxylic acids is 1. The Kier molecular flexibility index (Phi) is 5.23. The predicted molar refractivity (Wildman–Crippen MR) is 103 cm³/mol. The van der Waals surface area contributed by atoms with Gasteiger partial charge in [-0.15, -0.1) is 0 Å². The van der Waals surface area contributed by atoms with Crippen LogP contribution < -0.4 is 10.0 Å². The maximum atomic E-state index is 13.2. The fraction of sp³-hybridized carbons (Fsp3) is 0.0500. The van der Waals surface area contributed by atoms with Crippen molar-refractivity contribution < 1.29 is 17.6 Å². The average Bonchev–Trinajstić information content (AvgIpc) is 2.61. The molecule has 0 heterocycles. The van der Waals surface area contributed by atoms with Gasteiger partial charge in [0.15, 0.2) is 0 Å². The summed E-state index contributed by atoms with van der Waals surface area (Å²) in [5.41, 5.74) is 1.78. The Labute approximate surface area is 156 Å². The lowest BCUT2D eigenvalue weighted by Crippen LogP contribution is -2.16. The first-order valence-corrected chi connectivity index (χ1v) is 9.58. The van der Waals surface area contributed by atoms with Crippen molar-refractivity contribution in [1.29, 1.82) is 0 Å². The highest BCUT2D eigenvalue weighted by atomic mass is 32.2. The normalized spacial score (nSPS) is 11.0. The molecule has 138 valence electrons. The fourth-order valence-electron chi connectivity index (χ4n) is 2.50. The molecule has 0 bridgehead atoms. The summed E-state index contributed by atoms with van der Waals surface area (Å²) < 4.78 is 40.9. The zero-order valence-corrected chi connectivity index (χ0v) is 15.3. The van der Waals surface area contributed by atoms with Gasteiger partial charge in [-0.2, -0.15) is 0 Å². The van der Waals surface area contributed by atoms with E-state index in [9.17, 15) is 17.6 Å². The van der Waals surface area contributed by atoms with Gasteiger partial charge in [0.1, 0.15) is 5.82 Å². The molecular formula is C20H17FN2O3S. The third-order valence-electron chi connectivity index (χ3n) is 3.76. The first-order valence-electron chi connectivity index (χ1n) is 8.10. The lowest BCUT2D eigenvalue weighted by Gasteiger charge is -2.10. The monoisotopic (exact) mass is 384 g/mol. The second-order valence-corrected chi connectivity index (χ2v) is 7.65. The summed E-state index contributed by atoms with van der Waals surface area (Å²) >= 11 is 0. The molecule has 1 amide bonds. The van der Waals surface area contributed by atoms with Crippen molar-refractivity contribution in [1.82, 2.24) is 0 Å². The van der Waals surface area contributed by atoms with E-state index in [0.717, 1.165) is 5.56 Å². The van der Waals surface area contributed by atoms with E-state index in [0.29, 0.717) is 5.69 Å². The smallest absolute Gasteiger partial charge is 0.261 e. The zero-order chi connectivity index (χ0) is 19.4. The Bertz CT molecular complexity index is 1100. The van der Waals surface area contributed by atoms with Crippen LogP contribution in [0.4, 0.5) is 15.8 Å². The van der Waals surface area contributed by atoms with Gasteiger partial charge in [0, 0.05) is 16.9 Å². The number of sulfonamides is 1. The van der Waals surface area contributed by atoms with Crippen LogP contribution in [0.25, 0.3) is 0 Å². The number of amides is 1. The predicted octanol–water partition coefficient (Wildman–Crippen LogP) is 4.19. The number of benzene rings is 3. The van der Waals surface area contributed by atoms with Gasteiger partial charge in [0.05, 0.1) is 4.90 Å². The van der Waals surface area contributed by atoms with Crippen molar-refractivity contribution in [2.75, 3.05) is 10.0 Å². The Morgan fingerprint density at radius 1 is 0.889 bits per heavy atom. The highest BCUT2D eigenvalue weighted by Crippen LogP contribution is 2.19. The van der Waals surface area contributed by atoms with Crippen molar-refractivity contribution in [3.05, 3.63) is 89.7 Å². The van der Waals surface area contributed by atoms with Crippen molar-refractivity contribution in [3.63, 3.8) is 0 Å². The molecule has 0 aliphatic rings. The first-order chi connectivity index (χ1) is 12.8. The molecule has 0 spiro atoms. The van der Waals surface area contributed by atoms with Crippen LogP contribution in [0, 0.1) is 12.7 Å². The summed E-state index contributed by atoms with van der Waals surface area (Å²) in [5, 5.41) is 2.54. The van der Waals surface area contributed by atoms with E-state index < -0.39 is 21.7 Å². The van der Waals surface area contributed by atoms with E-state index in [1.165, 1.54) is 42.5 Å². The number of rotatable bonds is 5. The Balaban J connectivity index is 1.82. The molecule has 3 aromatic rings. The van der Waals surface area contributed by atoms with Gasteiger partial charge in [0.2, 0.25) is 0 Å². The number of halogens is 1. The zero-order valence-electron chi connectivity index (χ0n) is 14.4. The first kappa shape index (κ1) is 18.6. The number of nitrogens with one attached hydrogen (secondary N) is 2. The summed E-state index contributed by atoms with van der Waals surface area (Å²) in [7, 11) is -3.86. The van der Waals surface area contributed by atoms with Gasteiger partial charge in [-0.1, -0.05) is 24.3 Å². The van der Waals surface area contributed by atoms with Crippen LogP contribution >= 0.6 is 0 Å². The molecule has 0 aliphatic heterocycles. The molecule has 5 nitrogen and oxygen atoms in total. The summed E-state index contributed by atoms with van der Waals surface area (Å²) in [6.45, 7) is 1.86. The van der Waals surface area contributed by atoms with Gasteiger partial charge in [-0.3, -0.25) is 9.52 Å². The molecule has 0 saturated carbocycles. The maximum absolute atomic E-state index is 13.2. The molecular weight excluding hydrogens is 367 g/mol. The van der Waals surface area contributed by atoms with Crippen LogP contribution in [-0.4, -0.2) is 14.3 Å². The number of anilines is 2. The molecule has 2 N–H and O–H groups in total. The van der Waals surface area contributed by atoms with Crippen LogP contribution in [0.3, 0.4) is 0 Å². The molecule has 3 rings (SSSR count). The van der Waals surface area contributed by atoms with Crippen LogP contribution in [0.1, 0.15) is 15.9 Å². The van der Waals surface area contributed by atoms with Crippen molar-refractivity contribution >= 4 is 27.3 Å². The topological polar surface area (TPSA) is 75.3 Å². The second-order valence-electron chi connectivity index (χ2n) is 5.97. The Hall–Kier alpha value is -3.19. The quantitative estimate of drug-likeness (QED) is 0.693. The lowest BCUT2D eigenvalue weighted by molar-refractivity contribution is 0.102. The molecule has 0 fully saturated rings. The summed E-state index contributed by atoms with van der Waals surface area (Å²) in [6.07, 6.45) is 0. The summed E-state index contributed by atoms with van der Waals surface area (Å²) in [4.78, 5) is 12.3. The largest absolute Gasteiger partial charge is 0.322 e. The molecule has 3 aromatic carbocycles. The molecule has 0 radical (unpaired) electrons.